The summed E-state index contributed by atoms with van der Waals surface area (Å²) in [6, 6.07) is 25.8. The molecule has 140 valence electrons. The van der Waals surface area contributed by atoms with E-state index in [4.69, 9.17) is 9.47 Å². The van der Waals surface area contributed by atoms with Crippen molar-refractivity contribution in [3.63, 3.8) is 0 Å². The van der Waals surface area contributed by atoms with Crippen LogP contribution in [0.15, 0.2) is 95.7 Å². The van der Waals surface area contributed by atoms with Crippen LogP contribution in [0.3, 0.4) is 0 Å². The Morgan fingerprint density at radius 2 is 1.54 bits per heavy atom. The van der Waals surface area contributed by atoms with Gasteiger partial charge in [0, 0.05) is 5.57 Å². The van der Waals surface area contributed by atoms with Gasteiger partial charge in [-0.3, -0.25) is 0 Å². The zero-order valence-electron chi connectivity index (χ0n) is 16.0. The van der Waals surface area contributed by atoms with Crippen LogP contribution in [0.2, 0.25) is 0 Å². The Kier molecular flexibility index (Phi) is 5.53. The third-order valence-corrected chi connectivity index (χ3v) is 4.72. The summed E-state index contributed by atoms with van der Waals surface area (Å²) < 4.78 is 12.0. The van der Waals surface area contributed by atoms with E-state index in [1.807, 2.05) is 73.7 Å². The molecule has 0 saturated heterocycles. The molecule has 0 amide bonds. The number of hydrogen-bond acceptors (Lipinski definition) is 3. The number of aliphatic imine (C=N–C) groups is 1. The molecule has 1 aliphatic carbocycles. The highest BCUT2D eigenvalue weighted by Crippen LogP contribution is 2.26. The summed E-state index contributed by atoms with van der Waals surface area (Å²) in [7, 11) is 0. The van der Waals surface area contributed by atoms with Crippen molar-refractivity contribution in [3.05, 3.63) is 102 Å². The van der Waals surface area contributed by atoms with Crippen LogP contribution in [0.5, 0.6) is 11.5 Å². The van der Waals surface area contributed by atoms with E-state index in [0.29, 0.717) is 5.90 Å². The normalized spacial score (nSPS) is 13.9. The van der Waals surface area contributed by atoms with Crippen LogP contribution in [0.1, 0.15) is 24.5 Å². The summed E-state index contributed by atoms with van der Waals surface area (Å²) in [5.74, 6) is 2.10. The maximum atomic E-state index is 6.04. The number of hydrogen-bond donors (Lipinski definition) is 0. The van der Waals surface area contributed by atoms with Crippen molar-refractivity contribution < 1.29 is 9.47 Å². The third kappa shape index (κ3) is 4.49. The molecule has 0 fully saturated rings. The molecule has 3 aromatic carbocycles. The molecule has 0 saturated carbocycles. The number of fused-ring (bicyclic) bond motifs is 1. The van der Waals surface area contributed by atoms with Crippen molar-refractivity contribution in [3.8, 4) is 11.5 Å². The van der Waals surface area contributed by atoms with Crippen LogP contribution in [-0.2, 0) is 12.8 Å². The minimum Gasteiger partial charge on any atom is -0.465 e. The first-order valence-electron chi connectivity index (χ1n) is 9.60. The lowest BCUT2D eigenvalue weighted by molar-refractivity contribution is 0.473. The second-order valence-corrected chi connectivity index (χ2v) is 6.87. The van der Waals surface area contributed by atoms with Crippen LogP contribution in [0.4, 0.5) is 5.69 Å². The van der Waals surface area contributed by atoms with E-state index in [0.717, 1.165) is 29.2 Å². The first-order valence-corrected chi connectivity index (χ1v) is 9.60. The highest BCUT2D eigenvalue weighted by Gasteiger charge is 2.12. The summed E-state index contributed by atoms with van der Waals surface area (Å²) >= 11 is 0. The fourth-order valence-corrected chi connectivity index (χ4v) is 3.24. The molecule has 0 N–H and O–H groups in total. The van der Waals surface area contributed by atoms with Crippen molar-refractivity contribution in [2.75, 3.05) is 0 Å². The fourth-order valence-electron chi connectivity index (χ4n) is 3.24. The van der Waals surface area contributed by atoms with Gasteiger partial charge in [-0.2, -0.15) is 0 Å². The Bertz CT molecular complexity index is 992. The Hall–Kier alpha value is -3.33. The third-order valence-electron chi connectivity index (χ3n) is 4.72. The first-order chi connectivity index (χ1) is 13.8. The molecule has 0 aliphatic heterocycles. The molecule has 0 atom stereocenters. The topological polar surface area (TPSA) is 30.8 Å². The van der Waals surface area contributed by atoms with Gasteiger partial charge in [-0.05, 0) is 73.7 Å². The summed E-state index contributed by atoms with van der Waals surface area (Å²) in [4.78, 5) is 4.67. The van der Waals surface area contributed by atoms with E-state index in [-0.39, 0.29) is 0 Å². The number of aryl methyl sites for hydroxylation is 2. The number of rotatable bonds is 5. The van der Waals surface area contributed by atoms with Crippen LogP contribution >= 0.6 is 0 Å². The molecule has 0 spiro atoms. The lowest BCUT2D eigenvalue weighted by Crippen LogP contribution is -2.10. The van der Waals surface area contributed by atoms with E-state index < -0.39 is 0 Å². The largest absolute Gasteiger partial charge is 0.465 e. The van der Waals surface area contributed by atoms with Gasteiger partial charge in [0.05, 0.1) is 11.9 Å². The molecule has 0 unspecified atom stereocenters. The minimum absolute atomic E-state index is 0.513. The quantitative estimate of drug-likeness (QED) is 0.302. The molecule has 0 heterocycles. The van der Waals surface area contributed by atoms with Gasteiger partial charge in [0.1, 0.15) is 11.5 Å². The summed E-state index contributed by atoms with van der Waals surface area (Å²) in [5.41, 5.74) is 4.47. The van der Waals surface area contributed by atoms with Crippen LogP contribution in [0, 0.1) is 0 Å². The first kappa shape index (κ1) is 18.1. The Morgan fingerprint density at radius 3 is 2.32 bits per heavy atom. The maximum Gasteiger partial charge on any atom is 0.225 e. The predicted molar refractivity (Wildman–Crippen MR) is 113 cm³/mol. The summed E-state index contributed by atoms with van der Waals surface area (Å²) in [6.45, 7) is 1.94. The average molecular weight is 369 g/mol. The lowest BCUT2D eigenvalue weighted by Gasteiger charge is -2.10. The zero-order valence-corrected chi connectivity index (χ0v) is 16.0. The average Bonchev–Trinajstić information content (AvgIpc) is 3.21. The van der Waals surface area contributed by atoms with E-state index in [1.165, 1.54) is 24.0 Å². The number of nitrogens with zero attached hydrogens (tertiary/aromatic N) is 1. The van der Waals surface area contributed by atoms with Crippen LogP contribution < -0.4 is 9.47 Å². The standard InChI is InChI=1S/C25H23NO2/c1-19(18-27-24-16-15-20-9-8-10-21(20)17-24)25(26-22-11-4-2-5-12-22)28-23-13-6-3-7-14-23/h2-7,11-18H,8-10H2,1H3/b19-18?,26-25+. The Labute approximate surface area is 166 Å². The molecule has 4 rings (SSSR count). The smallest absolute Gasteiger partial charge is 0.225 e. The maximum absolute atomic E-state index is 6.04. The summed E-state index contributed by atoms with van der Waals surface area (Å²) in [6.07, 6.45) is 5.24. The van der Waals surface area contributed by atoms with Crippen molar-refractivity contribution >= 4 is 11.6 Å². The van der Waals surface area contributed by atoms with Gasteiger partial charge in [-0.1, -0.05) is 42.5 Å². The Morgan fingerprint density at radius 1 is 0.821 bits per heavy atom. The molecule has 3 heteroatoms. The predicted octanol–water partition coefficient (Wildman–Crippen LogP) is 6.27. The number of para-hydroxylation sites is 2. The fraction of sp³-hybridized carbons (Fsp3) is 0.160. The van der Waals surface area contributed by atoms with Crippen LogP contribution in [0.25, 0.3) is 0 Å². The minimum atomic E-state index is 0.513. The molecule has 0 aromatic heterocycles. The SMILES string of the molecule is CC(=COc1ccc2c(c1)CCC2)/C(=N\c1ccccc1)Oc1ccccc1. The van der Waals surface area contributed by atoms with Crippen molar-refractivity contribution in [1.29, 1.82) is 0 Å². The highest BCUT2D eigenvalue weighted by atomic mass is 16.5. The highest BCUT2D eigenvalue weighted by molar-refractivity contribution is 5.96. The second kappa shape index (κ2) is 8.57. The van der Waals surface area contributed by atoms with E-state index >= 15 is 0 Å². The number of benzene rings is 3. The molecule has 1 aliphatic rings. The second-order valence-electron chi connectivity index (χ2n) is 6.87. The Balaban J connectivity index is 1.57. The van der Waals surface area contributed by atoms with Crippen molar-refractivity contribution in [2.24, 2.45) is 4.99 Å². The van der Waals surface area contributed by atoms with Gasteiger partial charge >= 0.3 is 0 Å². The monoisotopic (exact) mass is 369 g/mol. The molecular weight excluding hydrogens is 346 g/mol. The molecule has 0 radical (unpaired) electrons. The van der Waals surface area contributed by atoms with Gasteiger partial charge < -0.3 is 9.47 Å². The van der Waals surface area contributed by atoms with E-state index in [9.17, 15) is 0 Å². The van der Waals surface area contributed by atoms with Crippen molar-refractivity contribution in [2.45, 2.75) is 26.2 Å². The zero-order chi connectivity index (χ0) is 19.2. The van der Waals surface area contributed by atoms with E-state index in [1.54, 1.807) is 6.26 Å². The molecule has 3 aromatic rings. The molecule has 28 heavy (non-hydrogen) atoms. The molecule has 3 nitrogen and oxygen atoms in total. The van der Waals surface area contributed by atoms with Gasteiger partial charge in [0.2, 0.25) is 5.90 Å². The van der Waals surface area contributed by atoms with Gasteiger partial charge in [0.25, 0.3) is 0 Å². The molecular formula is C25H23NO2. The van der Waals surface area contributed by atoms with Gasteiger partial charge in [-0.15, -0.1) is 0 Å². The number of ether oxygens (including phenoxy) is 2. The van der Waals surface area contributed by atoms with Crippen molar-refractivity contribution in [1.82, 2.24) is 0 Å². The van der Waals surface area contributed by atoms with Crippen LogP contribution in [-0.4, -0.2) is 5.90 Å². The lowest BCUT2D eigenvalue weighted by atomic mass is 10.1. The summed E-state index contributed by atoms with van der Waals surface area (Å²) in [5, 5.41) is 0. The van der Waals surface area contributed by atoms with Gasteiger partial charge in [0.15, 0.2) is 0 Å². The van der Waals surface area contributed by atoms with E-state index in [2.05, 4.69) is 17.1 Å². The van der Waals surface area contributed by atoms with Gasteiger partial charge in [-0.25, -0.2) is 4.99 Å². The molecule has 0 bridgehead atoms.